The first-order chi connectivity index (χ1) is 12.3. The highest BCUT2D eigenvalue weighted by Crippen LogP contribution is 2.20. The zero-order chi connectivity index (χ0) is 18.7. The molecular weight excluding hydrogens is 333 g/mol. The van der Waals surface area contributed by atoms with Gasteiger partial charge < -0.3 is 10.3 Å². The topological polar surface area (TPSA) is 65.2 Å². The molecular formula is C20H26FN3O2. The highest BCUT2D eigenvalue weighted by atomic mass is 19.1. The second-order valence-electron chi connectivity index (χ2n) is 7.64. The van der Waals surface area contributed by atoms with Gasteiger partial charge in [-0.2, -0.15) is 0 Å². The van der Waals surface area contributed by atoms with Crippen LogP contribution >= 0.6 is 0 Å². The minimum atomic E-state index is -0.388. The molecule has 2 N–H and O–H groups in total. The van der Waals surface area contributed by atoms with Crippen LogP contribution in [0.25, 0.3) is 10.9 Å². The zero-order valence-corrected chi connectivity index (χ0v) is 15.4. The zero-order valence-electron chi connectivity index (χ0n) is 15.4. The Balaban J connectivity index is 1.57. The monoisotopic (exact) mass is 359 g/mol. The maximum Gasteiger partial charge on any atom is 0.251 e. The van der Waals surface area contributed by atoms with Crippen LogP contribution in [-0.4, -0.2) is 41.0 Å². The average molecular weight is 359 g/mol. The summed E-state index contributed by atoms with van der Waals surface area (Å²) in [5.41, 5.74) is 0.679. The fraction of sp³-hybridized carbons (Fsp3) is 0.500. The molecule has 0 aliphatic carbocycles. The Hall–Kier alpha value is -2.21. The summed E-state index contributed by atoms with van der Waals surface area (Å²) in [6.45, 7) is 7.04. The SMILES string of the molecule is CC(C)(CNC(=O)CCc1cc2ccc(F)cc2[nH]c1=O)N1CCCC1. The van der Waals surface area contributed by atoms with Crippen molar-refractivity contribution >= 4 is 16.8 Å². The third-order valence-corrected chi connectivity index (χ3v) is 5.19. The number of carbonyl (C=O) groups is 1. The summed E-state index contributed by atoms with van der Waals surface area (Å²) >= 11 is 0. The second-order valence-corrected chi connectivity index (χ2v) is 7.64. The van der Waals surface area contributed by atoms with Gasteiger partial charge >= 0.3 is 0 Å². The van der Waals surface area contributed by atoms with Gasteiger partial charge in [-0.15, -0.1) is 0 Å². The van der Waals surface area contributed by atoms with E-state index in [2.05, 4.69) is 29.0 Å². The van der Waals surface area contributed by atoms with Crippen LogP contribution < -0.4 is 10.9 Å². The summed E-state index contributed by atoms with van der Waals surface area (Å²) in [5, 5.41) is 3.75. The Labute approximate surface area is 152 Å². The maximum absolute atomic E-state index is 13.2. The third kappa shape index (κ3) is 4.30. The van der Waals surface area contributed by atoms with Crippen LogP contribution in [-0.2, 0) is 11.2 Å². The molecule has 0 bridgehead atoms. The molecule has 1 saturated heterocycles. The molecule has 0 unspecified atom stereocenters. The van der Waals surface area contributed by atoms with Crippen LogP contribution in [0.3, 0.4) is 0 Å². The molecule has 6 heteroatoms. The molecule has 0 radical (unpaired) electrons. The molecule has 1 fully saturated rings. The van der Waals surface area contributed by atoms with E-state index < -0.39 is 0 Å². The molecule has 5 nitrogen and oxygen atoms in total. The van der Waals surface area contributed by atoms with Gasteiger partial charge in [0.25, 0.3) is 5.56 Å². The molecule has 0 atom stereocenters. The number of fused-ring (bicyclic) bond motifs is 1. The van der Waals surface area contributed by atoms with Gasteiger partial charge in [0.15, 0.2) is 0 Å². The number of aryl methyl sites for hydroxylation is 1. The first-order valence-corrected chi connectivity index (χ1v) is 9.18. The van der Waals surface area contributed by atoms with E-state index in [1.54, 1.807) is 12.1 Å². The number of amides is 1. The summed E-state index contributed by atoms with van der Waals surface area (Å²) < 4.78 is 13.2. The number of hydrogen-bond donors (Lipinski definition) is 2. The fourth-order valence-electron chi connectivity index (χ4n) is 3.49. The number of pyridine rings is 1. The van der Waals surface area contributed by atoms with E-state index >= 15 is 0 Å². The van der Waals surface area contributed by atoms with Crippen molar-refractivity contribution in [1.82, 2.24) is 15.2 Å². The molecule has 1 amide bonds. The van der Waals surface area contributed by atoms with E-state index in [1.807, 2.05) is 0 Å². The van der Waals surface area contributed by atoms with Crippen molar-refractivity contribution in [3.63, 3.8) is 0 Å². The quantitative estimate of drug-likeness (QED) is 0.833. The number of likely N-dealkylation sites (tertiary alicyclic amines) is 1. The molecule has 1 aromatic carbocycles. The van der Waals surface area contributed by atoms with Gasteiger partial charge in [-0.05, 0) is 75.9 Å². The smallest absolute Gasteiger partial charge is 0.251 e. The molecule has 3 rings (SSSR count). The van der Waals surface area contributed by atoms with E-state index in [0.717, 1.165) is 18.5 Å². The standard InChI is InChI=1S/C20H26FN3O2/c1-20(2,24-9-3-4-10-24)13-22-18(25)8-6-15-11-14-5-7-16(21)12-17(14)23-19(15)26/h5,7,11-12H,3-4,6,8-10,13H2,1-2H3,(H,22,25)(H,23,26). The number of benzene rings is 1. The van der Waals surface area contributed by atoms with Crippen LogP contribution in [0, 0.1) is 5.82 Å². The largest absolute Gasteiger partial charge is 0.354 e. The molecule has 1 aliphatic rings. The average Bonchev–Trinajstić information content (AvgIpc) is 3.14. The van der Waals surface area contributed by atoms with Gasteiger partial charge in [0, 0.05) is 24.1 Å². The minimum Gasteiger partial charge on any atom is -0.354 e. The van der Waals surface area contributed by atoms with Gasteiger partial charge in [0.1, 0.15) is 5.82 Å². The van der Waals surface area contributed by atoms with Crippen molar-refractivity contribution in [3.05, 3.63) is 46.0 Å². The number of nitrogens with zero attached hydrogens (tertiary/aromatic N) is 1. The van der Waals surface area contributed by atoms with Crippen LogP contribution in [0.2, 0.25) is 0 Å². The van der Waals surface area contributed by atoms with Crippen LogP contribution in [0.1, 0.15) is 38.7 Å². The first-order valence-electron chi connectivity index (χ1n) is 9.18. The lowest BCUT2D eigenvalue weighted by Crippen LogP contribution is -2.50. The van der Waals surface area contributed by atoms with Crippen molar-refractivity contribution < 1.29 is 9.18 Å². The maximum atomic E-state index is 13.2. The number of aromatic nitrogens is 1. The summed E-state index contributed by atoms with van der Waals surface area (Å²) in [4.78, 5) is 29.4. The lowest BCUT2D eigenvalue weighted by molar-refractivity contribution is -0.121. The van der Waals surface area contributed by atoms with E-state index in [0.29, 0.717) is 24.0 Å². The van der Waals surface area contributed by atoms with E-state index in [1.165, 1.54) is 25.0 Å². The number of hydrogen-bond acceptors (Lipinski definition) is 3. The summed E-state index contributed by atoms with van der Waals surface area (Å²) in [5.74, 6) is -0.447. The third-order valence-electron chi connectivity index (χ3n) is 5.19. The van der Waals surface area contributed by atoms with E-state index in [9.17, 15) is 14.0 Å². The Bertz CT molecular complexity index is 854. The molecule has 1 aromatic heterocycles. The van der Waals surface area contributed by atoms with Gasteiger partial charge in [0.2, 0.25) is 5.91 Å². The second kappa shape index (κ2) is 7.58. The van der Waals surface area contributed by atoms with Gasteiger partial charge in [-0.1, -0.05) is 0 Å². The lowest BCUT2D eigenvalue weighted by atomic mass is 10.0. The molecule has 1 aliphatic heterocycles. The molecule has 26 heavy (non-hydrogen) atoms. The van der Waals surface area contributed by atoms with Gasteiger partial charge in [-0.3, -0.25) is 14.5 Å². The number of carbonyl (C=O) groups excluding carboxylic acids is 1. The number of aromatic amines is 1. The summed E-state index contributed by atoms with van der Waals surface area (Å²) in [6.07, 6.45) is 3.04. The number of nitrogens with one attached hydrogen (secondary N) is 2. The van der Waals surface area contributed by atoms with Gasteiger partial charge in [-0.25, -0.2) is 4.39 Å². The molecule has 0 spiro atoms. The summed E-state index contributed by atoms with van der Waals surface area (Å²) in [6, 6.07) is 6.02. The molecule has 140 valence electrons. The number of H-pyrrole nitrogens is 1. The molecule has 0 saturated carbocycles. The van der Waals surface area contributed by atoms with Crippen molar-refractivity contribution in [2.75, 3.05) is 19.6 Å². The predicted molar refractivity (Wildman–Crippen MR) is 101 cm³/mol. The Morgan fingerprint density at radius 1 is 1.27 bits per heavy atom. The Kier molecular flexibility index (Phi) is 5.41. The fourth-order valence-corrected chi connectivity index (χ4v) is 3.49. The van der Waals surface area contributed by atoms with Crippen LogP contribution in [0.15, 0.2) is 29.1 Å². The first kappa shape index (κ1) is 18.6. The van der Waals surface area contributed by atoms with Crippen molar-refractivity contribution in [2.45, 2.75) is 45.1 Å². The van der Waals surface area contributed by atoms with Crippen LogP contribution in [0.5, 0.6) is 0 Å². The minimum absolute atomic E-state index is 0.0589. The number of rotatable bonds is 6. The highest BCUT2D eigenvalue weighted by molar-refractivity contribution is 5.79. The van der Waals surface area contributed by atoms with E-state index in [4.69, 9.17) is 0 Å². The van der Waals surface area contributed by atoms with Crippen molar-refractivity contribution in [1.29, 1.82) is 0 Å². The molecule has 2 aromatic rings. The normalized spacial score (nSPS) is 15.5. The van der Waals surface area contributed by atoms with E-state index in [-0.39, 0.29) is 29.2 Å². The number of halogens is 1. The Morgan fingerprint density at radius 2 is 2.00 bits per heavy atom. The predicted octanol–water partition coefficient (Wildman–Crippen LogP) is 2.59. The summed E-state index contributed by atoms with van der Waals surface area (Å²) in [7, 11) is 0. The van der Waals surface area contributed by atoms with Crippen molar-refractivity contribution in [2.24, 2.45) is 0 Å². The lowest BCUT2D eigenvalue weighted by Gasteiger charge is -2.35. The Morgan fingerprint density at radius 3 is 2.73 bits per heavy atom. The van der Waals surface area contributed by atoms with Crippen molar-refractivity contribution in [3.8, 4) is 0 Å². The van der Waals surface area contributed by atoms with Gasteiger partial charge in [0.05, 0.1) is 5.52 Å². The molecule has 2 heterocycles. The van der Waals surface area contributed by atoms with Crippen LogP contribution in [0.4, 0.5) is 4.39 Å². The highest BCUT2D eigenvalue weighted by Gasteiger charge is 2.29.